The fourth-order valence-corrected chi connectivity index (χ4v) is 5.94. The van der Waals surface area contributed by atoms with Crippen molar-refractivity contribution in [3.8, 4) is 0 Å². The Bertz CT molecular complexity index is 1190. The molecule has 0 unspecified atom stereocenters. The molecule has 0 saturated carbocycles. The van der Waals surface area contributed by atoms with Crippen LogP contribution in [0.3, 0.4) is 0 Å². The maximum atomic E-state index is 12.9. The monoisotopic (exact) mass is 604 g/mol. The third-order valence-electron chi connectivity index (χ3n) is 6.15. The van der Waals surface area contributed by atoms with Gasteiger partial charge < -0.3 is 0 Å². The number of H-pyrrole nitrogens is 1. The number of rotatable bonds is 8. The summed E-state index contributed by atoms with van der Waals surface area (Å²) in [4.78, 5) is 26.4. The van der Waals surface area contributed by atoms with Crippen molar-refractivity contribution >= 4 is 64.7 Å². The molecule has 0 bridgehead atoms. The van der Waals surface area contributed by atoms with Gasteiger partial charge in [-0.2, -0.15) is 5.10 Å². The first-order chi connectivity index (χ1) is 16.7. The van der Waals surface area contributed by atoms with Crippen LogP contribution in [-0.4, -0.2) is 79.5 Å². The van der Waals surface area contributed by atoms with Crippen molar-refractivity contribution < 1.29 is 4.79 Å². The number of aromatic amines is 1. The molecule has 3 aromatic rings. The molecular formula is C24H34AsBrN8O. The van der Waals surface area contributed by atoms with Crippen LogP contribution in [0.4, 0.5) is 17.2 Å². The molecule has 188 valence electrons. The summed E-state index contributed by atoms with van der Waals surface area (Å²) in [7, 11) is 0. The van der Waals surface area contributed by atoms with Gasteiger partial charge in [-0.25, -0.2) is 4.98 Å². The number of aromatic nitrogens is 4. The van der Waals surface area contributed by atoms with Crippen LogP contribution in [0, 0.1) is 6.92 Å². The Hall–Kier alpha value is -2.32. The first-order valence-corrected chi connectivity index (χ1v) is 17.8. The second kappa shape index (κ2) is 11.2. The van der Waals surface area contributed by atoms with Crippen molar-refractivity contribution in [3.63, 3.8) is 0 Å². The zero-order chi connectivity index (χ0) is 25.1. The molecule has 0 spiro atoms. The van der Waals surface area contributed by atoms with Gasteiger partial charge in [0.05, 0.1) is 0 Å². The van der Waals surface area contributed by atoms with Crippen LogP contribution in [0.25, 0.3) is 11.0 Å². The van der Waals surface area contributed by atoms with Gasteiger partial charge in [-0.05, 0) is 15.9 Å². The number of halogens is 1. The normalized spacial score (nSPS) is 14.3. The van der Waals surface area contributed by atoms with E-state index in [4.69, 9.17) is 0 Å². The van der Waals surface area contributed by atoms with Crippen LogP contribution in [0.2, 0.25) is 16.6 Å². The standard InChI is InChI=1S/C24H34AsBrN8O/c1-15(2)30-24(35)17-12-18(27-7-6-25(4)5)16(3)19(13-17)33-8-10-34(11-9-33)23-20-21(26)31-32-22(20)28-14-29-23/h12-15,27H,6-11H2,1-5H3,(H,30,35)(H,28,29,31,32). The first kappa shape index (κ1) is 25.8. The van der Waals surface area contributed by atoms with Crippen molar-refractivity contribution in [1.82, 2.24) is 25.5 Å². The van der Waals surface area contributed by atoms with Crippen molar-refractivity contribution in [2.45, 2.75) is 43.4 Å². The van der Waals surface area contributed by atoms with Crippen molar-refractivity contribution in [1.29, 1.82) is 0 Å². The number of nitrogens with one attached hydrogen (secondary N) is 3. The SMILES string of the molecule is Cc1c(NCC[As](C)C)cc(C(=O)NC(C)C)cc1N1CCN(c2ncnc3[nH]nc(Br)c23)CC1. The van der Waals surface area contributed by atoms with Gasteiger partial charge in [-0.3, -0.25) is 5.10 Å². The predicted molar refractivity (Wildman–Crippen MR) is 148 cm³/mol. The molecule has 1 amide bonds. The number of nitrogens with zero attached hydrogens (tertiary/aromatic N) is 5. The second-order valence-corrected chi connectivity index (χ2v) is 15.7. The number of fused-ring (bicyclic) bond motifs is 1. The van der Waals surface area contributed by atoms with E-state index in [0.29, 0.717) is 5.56 Å². The fourth-order valence-electron chi connectivity index (χ4n) is 4.31. The quantitative estimate of drug-likeness (QED) is 0.333. The van der Waals surface area contributed by atoms with E-state index in [2.05, 4.69) is 74.9 Å². The minimum absolute atomic E-state index is 0.0326. The Morgan fingerprint density at radius 3 is 2.57 bits per heavy atom. The van der Waals surface area contributed by atoms with E-state index in [-0.39, 0.29) is 11.9 Å². The Morgan fingerprint density at radius 1 is 1.17 bits per heavy atom. The predicted octanol–water partition coefficient (Wildman–Crippen LogP) is 4.05. The van der Waals surface area contributed by atoms with E-state index in [1.807, 2.05) is 26.0 Å². The Labute approximate surface area is 219 Å². The number of carbonyl (C=O) groups is 1. The van der Waals surface area contributed by atoms with Gasteiger partial charge in [-0.1, -0.05) is 0 Å². The summed E-state index contributed by atoms with van der Waals surface area (Å²) >= 11 is 2.80. The van der Waals surface area contributed by atoms with Crippen LogP contribution >= 0.6 is 15.9 Å². The number of anilines is 3. The molecule has 0 atom stereocenters. The molecule has 11 heteroatoms. The molecule has 1 aliphatic heterocycles. The first-order valence-electron chi connectivity index (χ1n) is 11.9. The molecule has 1 fully saturated rings. The molecule has 1 saturated heterocycles. The Kier molecular flexibility index (Phi) is 8.22. The third-order valence-corrected chi connectivity index (χ3v) is 9.07. The van der Waals surface area contributed by atoms with Crippen LogP contribution < -0.4 is 20.4 Å². The van der Waals surface area contributed by atoms with Crippen molar-refractivity contribution in [2.75, 3.05) is 47.8 Å². The van der Waals surface area contributed by atoms with E-state index in [1.54, 1.807) is 6.33 Å². The van der Waals surface area contributed by atoms with Crippen LogP contribution in [0.1, 0.15) is 29.8 Å². The molecule has 1 aromatic carbocycles. The van der Waals surface area contributed by atoms with Crippen LogP contribution in [0.15, 0.2) is 23.1 Å². The summed E-state index contributed by atoms with van der Waals surface area (Å²) in [5, 5.41) is 16.0. The number of piperazine rings is 1. The molecule has 2 aromatic heterocycles. The molecule has 3 N–H and O–H groups in total. The molecule has 3 heterocycles. The zero-order valence-corrected chi connectivity index (χ0v) is 24.5. The van der Waals surface area contributed by atoms with Gasteiger partial charge in [0.25, 0.3) is 0 Å². The summed E-state index contributed by atoms with van der Waals surface area (Å²) in [6.45, 7) is 10.4. The van der Waals surface area contributed by atoms with Gasteiger partial charge >= 0.3 is 173 Å². The number of carbonyl (C=O) groups excluding carboxylic acids is 1. The van der Waals surface area contributed by atoms with E-state index >= 15 is 0 Å². The molecular weight excluding hydrogens is 571 g/mol. The number of hydrogen-bond donors (Lipinski definition) is 3. The van der Waals surface area contributed by atoms with Gasteiger partial charge in [0.15, 0.2) is 5.65 Å². The summed E-state index contributed by atoms with van der Waals surface area (Å²) in [5.41, 5.74) is 9.51. The summed E-state index contributed by atoms with van der Waals surface area (Å²) in [6.07, 6.45) is 1.58. The van der Waals surface area contributed by atoms with Gasteiger partial charge in [0.2, 0.25) is 0 Å². The number of hydrogen-bond acceptors (Lipinski definition) is 7. The molecule has 1 aliphatic rings. The Morgan fingerprint density at radius 2 is 1.89 bits per heavy atom. The molecule has 0 radical (unpaired) electrons. The van der Waals surface area contributed by atoms with E-state index in [9.17, 15) is 4.79 Å². The van der Waals surface area contributed by atoms with Crippen molar-refractivity contribution in [3.05, 3.63) is 34.2 Å². The van der Waals surface area contributed by atoms with Crippen LogP contribution in [-0.2, 0) is 0 Å². The fraction of sp³-hybridized carbons (Fsp3) is 0.500. The summed E-state index contributed by atoms with van der Waals surface area (Å²) in [6, 6.07) is 4.14. The summed E-state index contributed by atoms with van der Waals surface area (Å²) in [5.74, 6) is 0.854. The average Bonchev–Trinajstić information content (AvgIpc) is 3.20. The number of benzene rings is 1. The topological polar surface area (TPSA) is 102 Å². The number of amides is 1. The van der Waals surface area contributed by atoms with Crippen molar-refractivity contribution in [2.24, 2.45) is 0 Å². The van der Waals surface area contributed by atoms with Gasteiger partial charge in [0.1, 0.15) is 10.9 Å². The van der Waals surface area contributed by atoms with Gasteiger partial charge in [0, 0.05) is 0 Å². The molecule has 4 rings (SSSR count). The van der Waals surface area contributed by atoms with E-state index < -0.39 is 14.7 Å². The average molecular weight is 605 g/mol. The van der Waals surface area contributed by atoms with E-state index in [1.165, 1.54) is 10.8 Å². The van der Waals surface area contributed by atoms with Gasteiger partial charge in [-0.15, -0.1) is 0 Å². The maximum absolute atomic E-state index is 12.9. The zero-order valence-electron chi connectivity index (χ0n) is 21.0. The Balaban J connectivity index is 1.57. The van der Waals surface area contributed by atoms with Crippen LogP contribution in [0.5, 0.6) is 0 Å². The molecule has 9 nitrogen and oxygen atoms in total. The molecule has 35 heavy (non-hydrogen) atoms. The second-order valence-electron chi connectivity index (χ2n) is 9.44. The summed E-state index contributed by atoms with van der Waals surface area (Å²) < 4.78 is 0.727. The van der Waals surface area contributed by atoms with E-state index in [0.717, 1.165) is 65.6 Å². The minimum atomic E-state index is -0.715. The third kappa shape index (κ3) is 5.92. The molecule has 0 aliphatic carbocycles.